The van der Waals surface area contributed by atoms with Gasteiger partial charge in [0.15, 0.2) is 0 Å². The van der Waals surface area contributed by atoms with Gasteiger partial charge >= 0.3 is 0 Å². The van der Waals surface area contributed by atoms with Crippen molar-refractivity contribution in [1.29, 1.82) is 0 Å². The number of nitrogens with zero attached hydrogens (tertiary/aromatic N) is 1. The minimum Gasteiger partial charge on any atom is -0.381 e. The standard InChI is InChI=1S/C10H18N2O/c1-4-5-6-10(12(2)3)7-8-11-9-13/h4-6,9H,7-8H2,1-3H3,(H,11,13). The van der Waals surface area contributed by atoms with Crippen molar-refractivity contribution in [3.8, 4) is 0 Å². The number of carbonyl (C=O) groups is 1. The van der Waals surface area contributed by atoms with Crippen LogP contribution in [0.2, 0.25) is 0 Å². The fraction of sp³-hybridized carbons (Fsp3) is 0.500. The lowest BCUT2D eigenvalue weighted by molar-refractivity contribution is -0.109. The van der Waals surface area contributed by atoms with E-state index in [1.54, 1.807) is 0 Å². The molecule has 0 saturated heterocycles. The number of carbonyl (C=O) groups excluding carboxylic acids is 1. The highest BCUT2D eigenvalue weighted by atomic mass is 16.1. The second-order valence-corrected chi connectivity index (χ2v) is 2.90. The van der Waals surface area contributed by atoms with E-state index in [1.807, 2.05) is 44.1 Å². The van der Waals surface area contributed by atoms with Crippen molar-refractivity contribution in [2.24, 2.45) is 0 Å². The third-order valence-electron chi connectivity index (χ3n) is 1.66. The third-order valence-corrected chi connectivity index (χ3v) is 1.66. The van der Waals surface area contributed by atoms with Crippen molar-refractivity contribution >= 4 is 6.41 Å². The lowest BCUT2D eigenvalue weighted by atomic mass is 10.2. The van der Waals surface area contributed by atoms with Gasteiger partial charge in [0.25, 0.3) is 0 Å². The summed E-state index contributed by atoms with van der Waals surface area (Å²) in [6, 6.07) is 0. The molecule has 0 bridgehead atoms. The van der Waals surface area contributed by atoms with Gasteiger partial charge in [-0.2, -0.15) is 0 Å². The lowest BCUT2D eigenvalue weighted by Crippen LogP contribution is -2.18. The van der Waals surface area contributed by atoms with Gasteiger partial charge in [0, 0.05) is 32.8 Å². The maximum atomic E-state index is 10.0. The first-order chi connectivity index (χ1) is 6.22. The highest BCUT2D eigenvalue weighted by molar-refractivity contribution is 5.45. The van der Waals surface area contributed by atoms with Crippen LogP contribution in [-0.2, 0) is 4.79 Å². The third kappa shape index (κ3) is 5.96. The normalized spacial score (nSPS) is 11.8. The zero-order valence-corrected chi connectivity index (χ0v) is 8.58. The van der Waals surface area contributed by atoms with Crippen LogP contribution >= 0.6 is 0 Å². The quantitative estimate of drug-likeness (QED) is 0.379. The zero-order valence-electron chi connectivity index (χ0n) is 8.58. The fourth-order valence-corrected chi connectivity index (χ4v) is 0.922. The molecule has 0 aliphatic carbocycles. The Bertz CT molecular complexity index is 195. The number of hydrogen-bond acceptors (Lipinski definition) is 2. The Morgan fingerprint density at radius 1 is 1.46 bits per heavy atom. The van der Waals surface area contributed by atoms with Crippen LogP contribution in [0.4, 0.5) is 0 Å². The molecule has 0 radical (unpaired) electrons. The van der Waals surface area contributed by atoms with Gasteiger partial charge in [-0.25, -0.2) is 0 Å². The van der Waals surface area contributed by atoms with Crippen molar-refractivity contribution in [3.05, 3.63) is 23.9 Å². The summed E-state index contributed by atoms with van der Waals surface area (Å²) in [5.41, 5.74) is 1.20. The van der Waals surface area contributed by atoms with Crippen molar-refractivity contribution < 1.29 is 4.79 Å². The number of hydrogen-bond donors (Lipinski definition) is 1. The van der Waals surface area contributed by atoms with Crippen molar-refractivity contribution in [3.63, 3.8) is 0 Å². The Kier molecular flexibility index (Phi) is 6.69. The first-order valence-electron chi connectivity index (χ1n) is 4.38. The maximum Gasteiger partial charge on any atom is 0.207 e. The smallest absolute Gasteiger partial charge is 0.207 e. The van der Waals surface area contributed by atoms with E-state index < -0.39 is 0 Å². The summed E-state index contributed by atoms with van der Waals surface area (Å²) in [5.74, 6) is 0. The molecule has 1 N–H and O–H groups in total. The first kappa shape index (κ1) is 11.8. The second kappa shape index (κ2) is 7.40. The van der Waals surface area contributed by atoms with Crippen molar-refractivity contribution in [2.75, 3.05) is 20.6 Å². The van der Waals surface area contributed by atoms with Gasteiger partial charge in [-0.05, 0) is 13.0 Å². The topological polar surface area (TPSA) is 32.3 Å². The van der Waals surface area contributed by atoms with Gasteiger partial charge < -0.3 is 10.2 Å². The molecular weight excluding hydrogens is 164 g/mol. The summed E-state index contributed by atoms with van der Waals surface area (Å²) in [4.78, 5) is 12.1. The van der Waals surface area contributed by atoms with Crippen molar-refractivity contribution in [2.45, 2.75) is 13.3 Å². The molecule has 1 amide bonds. The molecule has 0 spiro atoms. The molecule has 3 nitrogen and oxygen atoms in total. The average Bonchev–Trinajstić information content (AvgIpc) is 2.10. The molecule has 0 aromatic carbocycles. The molecule has 0 aliphatic rings. The molecule has 0 unspecified atom stereocenters. The fourth-order valence-electron chi connectivity index (χ4n) is 0.922. The Balaban J connectivity index is 4.02. The highest BCUT2D eigenvalue weighted by Gasteiger charge is 1.96. The average molecular weight is 182 g/mol. The molecule has 13 heavy (non-hydrogen) atoms. The van der Waals surface area contributed by atoms with Crippen LogP contribution in [0, 0.1) is 0 Å². The molecule has 0 saturated carbocycles. The Morgan fingerprint density at radius 2 is 2.15 bits per heavy atom. The summed E-state index contributed by atoms with van der Waals surface area (Å²) >= 11 is 0. The van der Waals surface area contributed by atoms with E-state index in [9.17, 15) is 4.79 Å². The van der Waals surface area contributed by atoms with Crippen LogP contribution < -0.4 is 5.32 Å². The van der Waals surface area contributed by atoms with E-state index in [2.05, 4.69) is 5.32 Å². The predicted molar refractivity (Wildman–Crippen MR) is 55.3 cm³/mol. The summed E-state index contributed by atoms with van der Waals surface area (Å²) in [5, 5.41) is 2.64. The zero-order chi connectivity index (χ0) is 10.1. The number of nitrogens with one attached hydrogen (secondary N) is 1. The number of allylic oxidation sites excluding steroid dienone is 3. The van der Waals surface area contributed by atoms with Crippen LogP contribution in [0.25, 0.3) is 0 Å². The van der Waals surface area contributed by atoms with Crippen LogP contribution in [0.5, 0.6) is 0 Å². The van der Waals surface area contributed by atoms with Crippen LogP contribution in [0.3, 0.4) is 0 Å². The summed E-state index contributed by atoms with van der Waals surface area (Å²) in [6.07, 6.45) is 7.61. The molecule has 0 atom stereocenters. The molecule has 0 rings (SSSR count). The molecular formula is C10H18N2O. The van der Waals surface area contributed by atoms with E-state index in [4.69, 9.17) is 0 Å². The largest absolute Gasteiger partial charge is 0.381 e. The van der Waals surface area contributed by atoms with Gasteiger partial charge in [0.2, 0.25) is 6.41 Å². The Morgan fingerprint density at radius 3 is 2.62 bits per heavy atom. The first-order valence-corrected chi connectivity index (χ1v) is 4.38. The molecule has 0 aromatic rings. The van der Waals surface area contributed by atoms with E-state index >= 15 is 0 Å². The SMILES string of the molecule is CC=CC=C(CCNC=O)N(C)C. The highest BCUT2D eigenvalue weighted by Crippen LogP contribution is 2.03. The molecule has 0 aromatic heterocycles. The van der Waals surface area contributed by atoms with Crippen LogP contribution in [0.15, 0.2) is 23.9 Å². The summed E-state index contributed by atoms with van der Waals surface area (Å²) in [6.45, 7) is 2.67. The Hall–Kier alpha value is -1.25. The van der Waals surface area contributed by atoms with Gasteiger partial charge in [-0.1, -0.05) is 12.2 Å². The van der Waals surface area contributed by atoms with Crippen LogP contribution in [-0.4, -0.2) is 32.0 Å². The molecule has 74 valence electrons. The monoisotopic (exact) mass is 182 g/mol. The second-order valence-electron chi connectivity index (χ2n) is 2.90. The van der Waals surface area contributed by atoms with Crippen molar-refractivity contribution in [1.82, 2.24) is 10.2 Å². The summed E-state index contributed by atoms with van der Waals surface area (Å²) in [7, 11) is 3.99. The minimum atomic E-state index is 0.686. The number of rotatable bonds is 6. The van der Waals surface area contributed by atoms with Crippen LogP contribution in [0.1, 0.15) is 13.3 Å². The maximum absolute atomic E-state index is 10.0. The van der Waals surface area contributed by atoms with Gasteiger partial charge in [0.1, 0.15) is 0 Å². The van der Waals surface area contributed by atoms with E-state index in [0.29, 0.717) is 6.54 Å². The molecule has 0 fully saturated rings. The Labute approximate surface area is 80.1 Å². The lowest BCUT2D eigenvalue weighted by Gasteiger charge is -2.16. The molecule has 0 aliphatic heterocycles. The van der Waals surface area contributed by atoms with Gasteiger partial charge in [-0.15, -0.1) is 0 Å². The minimum absolute atomic E-state index is 0.686. The van der Waals surface area contributed by atoms with E-state index in [0.717, 1.165) is 12.8 Å². The number of amides is 1. The molecule has 3 heteroatoms. The van der Waals surface area contributed by atoms with Gasteiger partial charge in [-0.3, -0.25) is 4.79 Å². The van der Waals surface area contributed by atoms with Gasteiger partial charge in [0.05, 0.1) is 0 Å². The predicted octanol–water partition coefficient (Wildman–Crippen LogP) is 1.14. The van der Waals surface area contributed by atoms with E-state index in [-0.39, 0.29) is 0 Å². The molecule has 0 heterocycles. The summed E-state index contributed by atoms with van der Waals surface area (Å²) < 4.78 is 0. The van der Waals surface area contributed by atoms with E-state index in [1.165, 1.54) is 5.70 Å².